The SMILES string of the molecule is CCc1noc(N2CCC(CCCOc3ccc(S(C)(O)O)c(F)c3)CC2)n1. The molecule has 2 N–H and O–H groups in total. The number of anilines is 1. The van der Waals surface area contributed by atoms with Crippen LogP contribution in [0.4, 0.5) is 10.4 Å². The lowest BCUT2D eigenvalue weighted by atomic mass is 9.92. The maximum absolute atomic E-state index is 13.9. The molecule has 0 amide bonds. The number of hydrogen-bond donors (Lipinski definition) is 2. The van der Waals surface area contributed by atoms with E-state index in [4.69, 9.17) is 9.26 Å². The number of halogens is 1. The molecule has 3 rings (SSSR count). The second-order valence-electron chi connectivity index (χ2n) is 7.19. The van der Waals surface area contributed by atoms with E-state index in [1.54, 1.807) is 6.07 Å². The first-order valence-electron chi connectivity index (χ1n) is 9.60. The van der Waals surface area contributed by atoms with Crippen LogP contribution in [0.25, 0.3) is 0 Å². The zero-order valence-corrected chi connectivity index (χ0v) is 17.1. The van der Waals surface area contributed by atoms with Crippen molar-refractivity contribution in [2.24, 2.45) is 5.92 Å². The van der Waals surface area contributed by atoms with Crippen LogP contribution < -0.4 is 9.64 Å². The van der Waals surface area contributed by atoms with E-state index in [1.807, 2.05) is 6.92 Å². The molecular formula is C19H28FN3O4S. The van der Waals surface area contributed by atoms with Gasteiger partial charge in [-0.2, -0.15) is 15.6 Å². The number of piperidine rings is 1. The van der Waals surface area contributed by atoms with Crippen molar-refractivity contribution in [1.29, 1.82) is 0 Å². The van der Waals surface area contributed by atoms with E-state index in [0.717, 1.165) is 51.0 Å². The molecule has 2 aromatic rings. The molecule has 2 heterocycles. The quantitative estimate of drug-likeness (QED) is 0.612. The number of benzene rings is 1. The first kappa shape index (κ1) is 20.9. The maximum Gasteiger partial charge on any atom is 0.324 e. The lowest BCUT2D eigenvalue weighted by molar-refractivity contribution is 0.275. The van der Waals surface area contributed by atoms with Gasteiger partial charge in [0.15, 0.2) is 5.82 Å². The average Bonchev–Trinajstić information content (AvgIpc) is 3.14. The van der Waals surface area contributed by atoms with Crippen LogP contribution in [0.15, 0.2) is 27.6 Å². The van der Waals surface area contributed by atoms with Crippen molar-refractivity contribution in [2.45, 2.75) is 43.9 Å². The van der Waals surface area contributed by atoms with Gasteiger partial charge in [0.1, 0.15) is 11.6 Å². The summed E-state index contributed by atoms with van der Waals surface area (Å²) in [4.78, 5) is 6.44. The molecule has 1 aliphatic rings. The topological polar surface area (TPSA) is 91.9 Å². The van der Waals surface area contributed by atoms with Crippen molar-refractivity contribution in [3.8, 4) is 5.75 Å². The number of ether oxygens (including phenoxy) is 1. The summed E-state index contributed by atoms with van der Waals surface area (Å²) in [5, 5.41) is 3.95. The Morgan fingerprint density at radius 3 is 2.68 bits per heavy atom. The largest absolute Gasteiger partial charge is 0.493 e. The maximum atomic E-state index is 13.9. The van der Waals surface area contributed by atoms with Gasteiger partial charge in [-0.15, -0.1) is 0 Å². The van der Waals surface area contributed by atoms with Gasteiger partial charge in [0.25, 0.3) is 0 Å². The minimum Gasteiger partial charge on any atom is -0.493 e. The molecule has 0 aliphatic carbocycles. The first-order valence-corrected chi connectivity index (χ1v) is 11.6. The molecule has 0 atom stereocenters. The summed E-state index contributed by atoms with van der Waals surface area (Å²) in [5.41, 5.74) is 0. The molecule has 1 fully saturated rings. The third-order valence-corrected chi connectivity index (χ3v) is 6.17. The highest BCUT2D eigenvalue weighted by Crippen LogP contribution is 2.46. The van der Waals surface area contributed by atoms with Gasteiger partial charge < -0.3 is 14.2 Å². The Labute approximate surface area is 166 Å². The van der Waals surface area contributed by atoms with Gasteiger partial charge in [0.2, 0.25) is 0 Å². The minimum absolute atomic E-state index is 0.0843. The van der Waals surface area contributed by atoms with E-state index >= 15 is 0 Å². The summed E-state index contributed by atoms with van der Waals surface area (Å²) in [6.07, 6.45) is 6.06. The second kappa shape index (κ2) is 9.11. The Kier molecular flexibility index (Phi) is 6.79. The van der Waals surface area contributed by atoms with E-state index in [2.05, 4.69) is 15.0 Å². The van der Waals surface area contributed by atoms with Gasteiger partial charge in [0, 0.05) is 31.8 Å². The Morgan fingerprint density at radius 2 is 2.07 bits per heavy atom. The van der Waals surface area contributed by atoms with Gasteiger partial charge >= 0.3 is 6.01 Å². The molecule has 1 aromatic heterocycles. The van der Waals surface area contributed by atoms with Crippen molar-refractivity contribution in [3.05, 3.63) is 29.8 Å². The van der Waals surface area contributed by atoms with E-state index in [1.165, 1.54) is 18.4 Å². The highest BCUT2D eigenvalue weighted by atomic mass is 32.3. The molecule has 28 heavy (non-hydrogen) atoms. The Balaban J connectivity index is 1.38. The molecule has 1 aromatic carbocycles. The van der Waals surface area contributed by atoms with E-state index in [0.29, 0.717) is 24.3 Å². The van der Waals surface area contributed by atoms with Crippen molar-refractivity contribution in [3.63, 3.8) is 0 Å². The van der Waals surface area contributed by atoms with Crippen LogP contribution in [0.5, 0.6) is 5.75 Å². The van der Waals surface area contributed by atoms with E-state index in [-0.39, 0.29) is 4.90 Å². The highest BCUT2D eigenvalue weighted by molar-refractivity contribution is 8.23. The normalized spacial score (nSPS) is 16.4. The van der Waals surface area contributed by atoms with Gasteiger partial charge in [-0.3, -0.25) is 9.11 Å². The van der Waals surface area contributed by atoms with Crippen molar-refractivity contribution >= 4 is 16.6 Å². The number of rotatable bonds is 8. The summed E-state index contributed by atoms with van der Waals surface area (Å²) >= 11 is 0. The molecule has 0 spiro atoms. The lowest BCUT2D eigenvalue weighted by Crippen LogP contribution is -2.34. The third kappa shape index (κ3) is 5.36. The van der Waals surface area contributed by atoms with Crippen molar-refractivity contribution in [2.75, 3.05) is 30.9 Å². The lowest BCUT2D eigenvalue weighted by Gasteiger charge is -2.30. The fraction of sp³-hybridized carbons (Fsp3) is 0.579. The Bertz CT molecular complexity index is 773. The average molecular weight is 414 g/mol. The van der Waals surface area contributed by atoms with Gasteiger partial charge in [-0.05, 0) is 43.7 Å². The Hall–Kier alpha value is -1.84. The van der Waals surface area contributed by atoms with Crippen molar-refractivity contribution < 1.29 is 22.8 Å². The summed E-state index contributed by atoms with van der Waals surface area (Å²) in [7, 11) is -3.06. The van der Waals surface area contributed by atoms with Crippen LogP contribution in [0.2, 0.25) is 0 Å². The fourth-order valence-corrected chi connectivity index (χ4v) is 4.13. The standard InChI is InChI=1S/C19H28FN3O4S/c1-3-18-21-19(27-22-18)23-10-8-14(9-11-23)5-4-12-26-15-6-7-17(16(20)13-15)28(2,24)25/h6-7,13-14,24-25H,3-5,8-12H2,1-2H3. The molecule has 156 valence electrons. The summed E-state index contributed by atoms with van der Waals surface area (Å²) in [6, 6.07) is 4.77. The highest BCUT2D eigenvalue weighted by Gasteiger charge is 2.22. The molecule has 1 aliphatic heterocycles. The predicted octanol–water partition coefficient (Wildman–Crippen LogP) is 4.59. The molecule has 0 bridgehead atoms. The summed E-state index contributed by atoms with van der Waals surface area (Å²) in [5.74, 6) is 1.12. The number of aromatic nitrogens is 2. The van der Waals surface area contributed by atoms with E-state index < -0.39 is 16.4 Å². The summed E-state index contributed by atoms with van der Waals surface area (Å²) < 4.78 is 44.0. The minimum atomic E-state index is -3.06. The Morgan fingerprint density at radius 1 is 1.32 bits per heavy atom. The smallest absolute Gasteiger partial charge is 0.324 e. The number of aryl methyl sites for hydroxylation is 1. The zero-order valence-electron chi connectivity index (χ0n) is 16.3. The van der Waals surface area contributed by atoms with Crippen LogP contribution in [-0.4, -0.2) is 45.2 Å². The zero-order chi connectivity index (χ0) is 20.1. The second-order valence-corrected chi connectivity index (χ2v) is 9.30. The molecule has 1 saturated heterocycles. The van der Waals surface area contributed by atoms with Gasteiger partial charge in [-0.1, -0.05) is 12.1 Å². The van der Waals surface area contributed by atoms with Crippen molar-refractivity contribution in [1.82, 2.24) is 10.1 Å². The third-order valence-electron chi connectivity index (χ3n) is 5.00. The van der Waals surface area contributed by atoms with E-state index in [9.17, 15) is 13.5 Å². The molecule has 0 saturated carbocycles. The fourth-order valence-electron chi connectivity index (χ4n) is 3.38. The molecule has 0 unspecified atom stereocenters. The molecule has 9 heteroatoms. The van der Waals surface area contributed by atoms with Crippen LogP contribution in [-0.2, 0) is 6.42 Å². The molecule has 0 radical (unpaired) electrons. The van der Waals surface area contributed by atoms with Crippen LogP contribution >= 0.6 is 10.6 Å². The van der Waals surface area contributed by atoms with Crippen LogP contribution in [0.1, 0.15) is 38.4 Å². The van der Waals surface area contributed by atoms with Crippen LogP contribution in [0, 0.1) is 11.7 Å². The van der Waals surface area contributed by atoms with Crippen LogP contribution in [0.3, 0.4) is 0 Å². The first-order chi connectivity index (χ1) is 13.4. The molecular weight excluding hydrogens is 385 g/mol. The molecule has 7 nitrogen and oxygen atoms in total. The van der Waals surface area contributed by atoms with Gasteiger partial charge in [-0.25, -0.2) is 4.39 Å². The summed E-state index contributed by atoms with van der Waals surface area (Å²) in [6.45, 7) is 4.33. The monoisotopic (exact) mass is 413 g/mol. The predicted molar refractivity (Wildman–Crippen MR) is 107 cm³/mol. The number of hydrogen-bond acceptors (Lipinski definition) is 7. The number of nitrogens with zero attached hydrogens (tertiary/aromatic N) is 3. The van der Waals surface area contributed by atoms with Gasteiger partial charge in [0.05, 0.1) is 11.5 Å².